The minimum Gasteiger partial charge on any atom is -0.454 e. The van der Waals surface area contributed by atoms with Gasteiger partial charge in [-0.05, 0) is 49.2 Å². The molecule has 5 rings (SSSR count). The SMILES string of the molecule is NC(=O)C1CCN(CC(=O)N2N=C(c3ccccc3)CC2c2ccc3c(c2)OCO3)CC1. The summed E-state index contributed by atoms with van der Waals surface area (Å²) in [6, 6.07) is 15.5. The number of benzene rings is 2. The van der Waals surface area contributed by atoms with Gasteiger partial charge in [-0.3, -0.25) is 14.5 Å². The number of amides is 2. The molecular formula is C24H26N4O4. The Bertz CT molecular complexity index is 1050. The zero-order chi connectivity index (χ0) is 22.1. The molecule has 0 bridgehead atoms. The average Bonchev–Trinajstić information content (AvgIpc) is 3.47. The lowest BCUT2D eigenvalue weighted by molar-refractivity contribution is -0.134. The van der Waals surface area contributed by atoms with E-state index in [1.807, 2.05) is 48.5 Å². The van der Waals surface area contributed by atoms with Crippen LogP contribution in [0.3, 0.4) is 0 Å². The fraction of sp³-hybridized carbons (Fsp3) is 0.375. The quantitative estimate of drug-likeness (QED) is 0.779. The number of hydrazone groups is 1. The normalized spacial score (nSPS) is 20.9. The Kier molecular flexibility index (Phi) is 5.53. The molecule has 3 heterocycles. The van der Waals surface area contributed by atoms with Crippen LogP contribution >= 0.6 is 0 Å². The molecule has 1 unspecified atom stereocenters. The van der Waals surface area contributed by atoms with Crippen LogP contribution in [0.4, 0.5) is 0 Å². The number of hydrogen-bond donors (Lipinski definition) is 1. The summed E-state index contributed by atoms with van der Waals surface area (Å²) < 4.78 is 11.0. The maximum atomic E-state index is 13.4. The van der Waals surface area contributed by atoms with E-state index >= 15 is 0 Å². The van der Waals surface area contributed by atoms with Gasteiger partial charge in [0.25, 0.3) is 5.91 Å². The van der Waals surface area contributed by atoms with Crippen molar-refractivity contribution < 1.29 is 19.1 Å². The Balaban J connectivity index is 1.37. The van der Waals surface area contributed by atoms with E-state index in [0.29, 0.717) is 43.9 Å². The topological polar surface area (TPSA) is 97.5 Å². The van der Waals surface area contributed by atoms with E-state index in [0.717, 1.165) is 16.8 Å². The molecule has 0 saturated carbocycles. The van der Waals surface area contributed by atoms with Crippen molar-refractivity contribution in [1.29, 1.82) is 0 Å². The molecule has 8 nitrogen and oxygen atoms in total. The van der Waals surface area contributed by atoms with E-state index in [1.54, 1.807) is 5.01 Å². The summed E-state index contributed by atoms with van der Waals surface area (Å²) >= 11 is 0. The van der Waals surface area contributed by atoms with E-state index in [9.17, 15) is 9.59 Å². The van der Waals surface area contributed by atoms with Gasteiger partial charge >= 0.3 is 0 Å². The van der Waals surface area contributed by atoms with Crippen LogP contribution in [-0.4, -0.2) is 53.9 Å². The standard InChI is InChI=1S/C24H26N4O4/c25-24(30)17-8-10-27(11-9-17)14-23(29)28-20(13-19(26-28)16-4-2-1-3-5-16)18-6-7-21-22(12-18)32-15-31-21/h1-7,12,17,20H,8-11,13-15H2,(H2,25,30). The Hall–Kier alpha value is -3.39. The molecule has 1 fully saturated rings. The lowest BCUT2D eigenvalue weighted by Gasteiger charge is -2.31. The second-order valence-electron chi connectivity index (χ2n) is 8.44. The van der Waals surface area contributed by atoms with Gasteiger partial charge in [-0.15, -0.1) is 0 Å². The number of fused-ring (bicyclic) bond motifs is 1. The van der Waals surface area contributed by atoms with Gasteiger partial charge < -0.3 is 15.2 Å². The van der Waals surface area contributed by atoms with E-state index < -0.39 is 0 Å². The number of ether oxygens (including phenoxy) is 2. The highest BCUT2D eigenvalue weighted by molar-refractivity contribution is 6.03. The first-order chi connectivity index (χ1) is 15.6. The molecule has 2 aromatic carbocycles. The van der Waals surface area contributed by atoms with Gasteiger partial charge in [0.2, 0.25) is 12.7 Å². The molecule has 2 amide bonds. The van der Waals surface area contributed by atoms with Gasteiger partial charge in [0, 0.05) is 12.3 Å². The van der Waals surface area contributed by atoms with Crippen molar-refractivity contribution in [2.24, 2.45) is 16.8 Å². The van der Waals surface area contributed by atoms with Gasteiger partial charge in [0.15, 0.2) is 11.5 Å². The van der Waals surface area contributed by atoms with Crippen LogP contribution in [0.25, 0.3) is 0 Å². The van der Waals surface area contributed by atoms with Crippen LogP contribution in [-0.2, 0) is 9.59 Å². The predicted octanol–water partition coefficient (Wildman–Crippen LogP) is 2.29. The number of rotatable bonds is 5. The number of hydrogen-bond acceptors (Lipinski definition) is 6. The Morgan fingerprint density at radius 1 is 1.03 bits per heavy atom. The average molecular weight is 434 g/mol. The zero-order valence-corrected chi connectivity index (χ0v) is 17.8. The number of primary amides is 1. The summed E-state index contributed by atoms with van der Waals surface area (Å²) in [4.78, 5) is 26.9. The molecule has 0 aliphatic carbocycles. The molecule has 32 heavy (non-hydrogen) atoms. The van der Waals surface area contributed by atoms with Crippen LogP contribution in [0.2, 0.25) is 0 Å². The fourth-order valence-corrected chi connectivity index (χ4v) is 4.56. The van der Waals surface area contributed by atoms with Crippen LogP contribution in [0.1, 0.15) is 36.4 Å². The third-order valence-electron chi connectivity index (χ3n) is 6.40. The summed E-state index contributed by atoms with van der Waals surface area (Å²) in [6.45, 7) is 1.82. The first kappa shape index (κ1) is 20.5. The van der Waals surface area contributed by atoms with E-state index in [2.05, 4.69) is 4.90 Å². The lowest BCUT2D eigenvalue weighted by atomic mass is 9.96. The van der Waals surface area contributed by atoms with Crippen LogP contribution in [0, 0.1) is 5.92 Å². The summed E-state index contributed by atoms with van der Waals surface area (Å²) in [5.74, 6) is 0.992. The molecule has 3 aliphatic heterocycles. The van der Waals surface area contributed by atoms with Gasteiger partial charge in [-0.2, -0.15) is 5.10 Å². The van der Waals surface area contributed by atoms with E-state index in [1.165, 1.54) is 0 Å². The largest absolute Gasteiger partial charge is 0.454 e. The van der Waals surface area contributed by atoms with Gasteiger partial charge in [0.1, 0.15) is 0 Å². The summed E-state index contributed by atoms with van der Waals surface area (Å²) in [5, 5.41) is 6.36. The van der Waals surface area contributed by atoms with Crippen LogP contribution in [0.5, 0.6) is 11.5 Å². The maximum absolute atomic E-state index is 13.4. The van der Waals surface area contributed by atoms with Crippen molar-refractivity contribution in [3.8, 4) is 11.5 Å². The molecule has 2 N–H and O–H groups in total. The third-order valence-corrected chi connectivity index (χ3v) is 6.40. The molecule has 2 aromatic rings. The molecule has 0 radical (unpaired) electrons. The molecule has 8 heteroatoms. The molecular weight excluding hydrogens is 408 g/mol. The predicted molar refractivity (Wildman–Crippen MR) is 118 cm³/mol. The molecule has 0 spiro atoms. The number of carbonyl (C=O) groups excluding carboxylic acids is 2. The first-order valence-corrected chi connectivity index (χ1v) is 10.9. The van der Waals surface area contributed by atoms with Gasteiger partial charge in [-0.25, -0.2) is 5.01 Å². The van der Waals surface area contributed by atoms with Crippen molar-refractivity contribution in [1.82, 2.24) is 9.91 Å². The maximum Gasteiger partial charge on any atom is 0.257 e. The highest BCUT2D eigenvalue weighted by atomic mass is 16.7. The number of nitrogens with zero attached hydrogens (tertiary/aromatic N) is 3. The molecule has 0 aromatic heterocycles. The fourth-order valence-electron chi connectivity index (χ4n) is 4.56. The second kappa shape index (κ2) is 8.63. The Labute approximate surface area is 186 Å². The van der Waals surface area contributed by atoms with Crippen LogP contribution < -0.4 is 15.2 Å². The molecule has 1 atom stereocenters. The minimum absolute atomic E-state index is 0.0591. The summed E-state index contributed by atoms with van der Waals surface area (Å²) in [6.07, 6.45) is 2.00. The van der Waals surface area contributed by atoms with E-state index in [4.69, 9.17) is 20.3 Å². The molecule has 3 aliphatic rings. The van der Waals surface area contributed by atoms with Crippen molar-refractivity contribution in [3.63, 3.8) is 0 Å². The monoisotopic (exact) mass is 434 g/mol. The van der Waals surface area contributed by atoms with Crippen molar-refractivity contribution in [3.05, 3.63) is 59.7 Å². The number of nitrogens with two attached hydrogens (primary N) is 1. The zero-order valence-electron chi connectivity index (χ0n) is 17.8. The van der Waals surface area contributed by atoms with Gasteiger partial charge in [-0.1, -0.05) is 36.4 Å². The second-order valence-corrected chi connectivity index (χ2v) is 8.44. The Morgan fingerprint density at radius 3 is 2.53 bits per heavy atom. The van der Waals surface area contributed by atoms with Crippen LogP contribution in [0.15, 0.2) is 53.6 Å². The number of carbonyl (C=O) groups is 2. The van der Waals surface area contributed by atoms with Gasteiger partial charge in [0.05, 0.1) is 18.3 Å². The third kappa shape index (κ3) is 4.05. The summed E-state index contributed by atoms with van der Waals surface area (Å²) in [5.41, 5.74) is 8.29. The molecule has 166 valence electrons. The lowest BCUT2D eigenvalue weighted by Crippen LogP contribution is -2.44. The minimum atomic E-state index is -0.254. The Morgan fingerprint density at radius 2 is 1.78 bits per heavy atom. The summed E-state index contributed by atoms with van der Waals surface area (Å²) in [7, 11) is 0. The van der Waals surface area contributed by atoms with E-state index in [-0.39, 0.29) is 37.1 Å². The highest BCUT2D eigenvalue weighted by Crippen LogP contribution is 2.39. The smallest absolute Gasteiger partial charge is 0.257 e. The van der Waals surface area contributed by atoms with Crippen molar-refractivity contribution >= 4 is 17.5 Å². The first-order valence-electron chi connectivity index (χ1n) is 10.9. The number of likely N-dealkylation sites (tertiary alicyclic amines) is 1. The highest BCUT2D eigenvalue weighted by Gasteiger charge is 2.35. The van der Waals surface area contributed by atoms with Crippen molar-refractivity contribution in [2.45, 2.75) is 25.3 Å². The number of piperidine rings is 1. The van der Waals surface area contributed by atoms with Crippen molar-refractivity contribution in [2.75, 3.05) is 26.4 Å². The molecule has 1 saturated heterocycles.